The molecule has 234 valence electrons. The Hall–Kier alpha value is -4.98. The Labute approximate surface area is 251 Å². The van der Waals surface area contributed by atoms with Crippen molar-refractivity contribution in [1.82, 2.24) is 0 Å². The average molecular weight is 615 g/mol. The lowest BCUT2D eigenvalue weighted by Gasteiger charge is -2.38. The van der Waals surface area contributed by atoms with Crippen molar-refractivity contribution in [3.63, 3.8) is 0 Å². The van der Waals surface area contributed by atoms with Crippen LogP contribution in [0.5, 0.6) is 17.2 Å². The van der Waals surface area contributed by atoms with Crippen molar-refractivity contribution in [2.75, 3.05) is 26.9 Å². The zero-order valence-electron chi connectivity index (χ0n) is 24.6. The molecule has 44 heavy (non-hydrogen) atoms. The molecule has 0 saturated carbocycles. The summed E-state index contributed by atoms with van der Waals surface area (Å²) < 4.78 is 36.6. The van der Waals surface area contributed by atoms with Gasteiger partial charge in [-0.25, -0.2) is 14.4 Å². The fraction of sp³-hybridized carbons (Fsp3) is 0.400. The van der Waals surface area contributed by atoms with Gasteiger partial charge in [0.05, 0.1) is 43.6 Å². The van der Waals surface area contributed by atoms with E-state index in [4.69, 9.17) is 33.2 Å². The van der Waals surface area contributed by atoms with Crippen molar-refractivity contribution >= 4 is 35.8 Å². The molecule has 0 radical (unpaired) electrons. The Morgan fingerprint density at radius 3 is 1.98 bits per heavy atom. The summed E-state index contributed by atoms with van der Waals surface area (Å²) >= 11 is 0. The van der Waals surface area contributed by atoms with Gasteiger partial charge in [0.25, 0.3) is 0 Å². The molecule has 0 fully saturated rings. The standard InChI is InChI=1S/C30H30O14/c1-6-39-27(34)42-18-13-30(37,14(4)31)12-16-20(18)26(44-29(36)41-8-3)22-21(25(16)43-28(35)40-7-2)23(32)15-10-9-11-17(38-5)19(15)24(22)33/h9-11,18,37H,6-8,12-13H2,1-5H3/t18-,30+/m0/s1. The second kappa shape index (κ2) is 12.7. The lowest BCUT2D eigenvalue weighted by atomic mass is 9.72. The molecule has 2 aromatic rings. The van der Waals surface area contributed by atoms with E-state index in [2.05, 4.69) is 0 Å². The van der Waals surface area contributed by atoms with Crippen molar-refractivity contribution < 1.29 is 67.0 Å². The summed E-state index contributed by atoms with van der Waals surface area (Å²) in [5.74, 6) is -3.59. The van der Waals surface area contributed by atoms with Gasteiger partial charge >= 0.3 is 18.5 Å². The van der Waals surface area contributed by atoms with Crippen LogP contribution in [0.1, 0.15) is 83.2 Å². The van der Waals surface area contributed by atoms with Crippen LogP contribution in [0.4, 0.5) is 14.4 Å². The van der Waals surface area contributed by atoms with E-state index in [1.54, 1.807) is 0 Å². The van der Waals surface area contributed by atoms with Crippen molar-refractivity contribution in [2.24, 2.45) is 0 Å². The molecule has 14 nitrogen and oxygen atoms in total. The van der Waals surface area contributed by atoms with Crippen LogP contribution in [-0.4, -0.2) is 73.5 Å². The van der Waals surface area contributed by atoms with Crippen molar-refractivity contribution in [3.05, 3.63) is 51.6 Å². The number of methoxy groups -OCH3 is 1. The quantitative estimate of drug-likeness (QED) is 0.218. The van der Waals surface area contributed by atoms with E-state index in [0.717, 1.165) is 6.92 Å². The summed E-state index contributed by atoms with van der Waals surface area (Å²) in [6.45, 7) is 5.22. The van der Waals surface area contributed by atoms with Gasteiger partial charge in [0.1, 0.15) is 23.2 Å². The molecule has 0 spiro atoms. The maximum absolute atomic E-state index is 14.2. The topological polar surface area (TPSA) is 187 Å². The van der Waals surface area contributed by atoms with Crippen LogP contribution < -0.4 is 14.2 Å². The second-order valence-corrected chi connectivity index (χ2v) is 9.67. The minimum Gasteiger partial charge on any atom is -0.496 e. The Bertz CT molecular complexity index is 1560. The number of Topliss-reactive ketones (excluding diaryl/α,β-unsaturated/α-hetero) is 1. The summed E-state index contributed by atoms with van der Waals surface area (Å²) in [7, 11) is 1.28. The van der Waals surface area contributed by atoms with Gasteiger partial charge in [0.15, 0.2) is 17.3 Å². The molecule has 2 atom stereocenters. The lowest BCUT2D eigenvalue weighted by Crippen LogP contribution is -2.45. The molecular formula is C30H30O14. The maximum atomic E-state index is 14.2. The zero-order chi connectivity index (χ0) is 32.3. The van der Waals surface area contributed by atoms with Crippen LogP contribution in [0.3, 0.4) is 0 Å². The Kier molecular flexibility index (Phi) is 9.23. The van der Waals surface area contributed by atoms with E-state index in [1.165, 1.54) is 46.1 Å². The molecule has 0 bridgehead atoms. The van der Waals surface area contributed by atoms with Crippen molar-refractivity contribution in [1.29, 1.82) is 0 Å². The first-order valence-electron chi connectivity index (χ1n) is 13.7. The fourth-order valence-electron chi connectivity index (χ4n) is 5.20. The highest BCUT2D eigenvalue weighted by Crippen LogP contribution is 2.53. The molecule has 1 N–H and O–H groups in total. The third-order valence-corrected chi connectivity index (χ3v) is 7.09. The smallest absolute Gasteiger partial charge is 0.496 e. The molecule has 0 amide bonds. The zero-order valence-corrected chi connectivity index (χ0v) is 24.6. The minimum atomic E-state index is -2.23. The highest BCUT2D eigenvalue weighted by atomic mass is 16.7. The molecular weight excluding hydrogens is 584 g/mol. The number of benzene rings is 2. The van der Waals surface area contributed by atoms with Gasteiger partial charge < -0.3 is 38.3 Å². The van der Waals surface area contributed by atoms with Crippen LogP contribution in [0.2, 0.25) is 0 Å². The maximum Gasteiger partial charge on any atom is 0.513 e. The molecule has 4 rings (SSSR count). The molecule has 0 saturated heterocycles. The van der Waals surface area contributed by atoms with Crippen molar-refractivity contribution in [2.45, 2.75) is 52.2 Å². The molecule has 2 aliphatic rings. The van der Waals surface area contributed by atoms with E-state index in [1.807, 2.05) is 0 Å². The predicted octanol–water partition coefficient (Wildman–Crippen LogP) is 4.02. The summed E-state index contributed by atoms with van der Waals surface area (Å²) in [5.41, 5.74) is -4.07. The fourth-order valence-corrected chi connectivity index (χ4v) is 5.20. The largest absolute Gasteiger partial charge is 0.513 e. The number of aliphatic hydroxyl groups is 1. The van der Waals surface area contributed by atoms with Gasteiger partial charge in [-0.3, -0.25) is 14.4 Å². The third-order valence-electron chi connectivity index (χ3n) is 7.09. The second-order valence-electron chi connectivity index (χ2n) is 9.67. The average Bonchev–Trinajstić information content (AvgIpc) is 2.96. The first-order chi connectivity index (χ1) is 20.9. The van der Waals surface area contributed by atoms with Gasteiger partial charge in [0.2, 0.25) is 5.78 Å². The molecule has 0 aromatic heterocycles. The normalized spacial score (nSPS) is 18.2. The lowest BCUT2D eigenvalue weighted by molar-refractivity contribution is -0.140. The Morgan fingerprint density at radius 1 is 0.841 bits per heavy atom. The molecule has 0 heterocycles. The van der Waals surface area contributed by atoms with Crippen LogP contribution in [-0.2, 0) is 30.2 Å². The first kappa shape index (κ1) is 31.9. The van der Waals surface area contributed by atoms with E-state index >= 15 is 0 Å². The number of hydrogen-bond donors (Lipinski definition) is 1. The summed E-state index contributed by atoms with van der Waals surface area (Å²) in [6.07, 6.45) is -6.59. The molecule has 0 unspecified atom stereocenters. The van der Waals surface area contributed by atoms with E-state index in [9.17, 15) is 33.9 Å². The number of rotatable bonds is 8. The number of hydrogen-bond acceptors (Lipinski definition) is 14. The molecule has 2 aromatic carbocycles. The Balaban J connectivity index is 2.16. The van der Waals surface area contributed by atoms with E-state index < -0.39 is 83.0 Å². The summed E-state index contributed by atoms with van der Waals surface area (Å²) in [5, 5.41) is 11.4. The Morgan fingerprint density at radius 2 is 1.41 bits per heavy atom. The van der Waals surface area contributed by atoms with Crippen molar-refractivity contribution in [3.8, 4) is 17.2 Å². The van der Waals surface area contributed by atoms with Crippen LogP contribution in [0.15, 0.2) is 18.2 Å². The molecule has 0 aliphatic heterocycles. The third kappa shape index (κ3) is 5.67. The monoisotopic (exact) mass is 614 g/mol. The number of carbonyl (C=O) groups is 6. The number of fused-ring (bicyclic) bond motifs is 3. The molecule has 2 aliphatic carbocycles. The van der Waals surface area contributed by atoms with Crippen LogP contribution >= 0.6 is 0 Å². The van der Waals surface area contributed by atoms with E-state index in [-0.39, 0.29) is 47.8 Å². The highest BCUT2D eigenvalue weighted by Gasteiger charge is 2.50. The summed E-state index contributed by atoms with van der Waals surface area (Å²) in [4.78, 5) is 79.1. The minimum absolute atomic E-state index is 0.0180. The van der Waals surface area contributed by atoms with Gasteiger partial charge in [-0.1, -0.05) is 12.1 Å². The van der Waals surface area contributed by atoms with Crippen LogP contribution in [0, 0.1) is 0 Å². The van der Waals surface area contributed by atoms with Gasteiger partial charge in [-0.15, -0.1) is 0 Å². The first-order valence-corrected chi connectivity index (χ1v) is 13.7. The van der Waals surface area contributed by atoms with Gasteiger partial charge in [-0.05, 0) is 33.8 Å². The number of carbonyl (C=O) groups excluding carboxylic acids is 6. The van der Waals surface area contributed by atoms with Crippen LogP contribution in [0.25, 0.3) is 0 Å². The van der Waals surface area contributed by atoms with Gasteiger partial charge in [-0.2, -0.15) is 0 Å². The molecule has 14 heteroatoms. The van der Waals surface area contributed by atoms with E-state index in [0.29, 0.717) is 0 Å². The SMILES string of the molecule is CCOC(=O)Oc1c2c(c(OC(=O)OCC)c3c1C(=O)c1cccc(OC)c1C3=O)[C@@H](OC(=O)OCC)C[C@@](O)(C(C)=O)C2. The number of ketones is 3. The summed E-state index contributed by atoms with van der Waals surface area (Å²) in [6, 6.07) is 4.25. The predicted molar refractivity (Wildman–Crippen MR) is 146 cm³/mol. The highest BCUT2D eigenvalue weighted by molar-refractivity contribution is 6.31. The number of ether oxygens (including phenoxy) is 7. The van der Waals surface area contributed by atoms with Gasteiger partial charge in [0, 0.05) is 29.5 Å².